The highest BCUT2D eigenvalue weighted by atomic mass is 35.5. The van der Waals surface area contributed by atoms with E-state index in [4.69, 9.17) is 11.6 Å². The van der Waals surface area contributed by atoms with Crippen molar-refractivity contribution in [3.05, 3.63) is 11.6 Å². The van der Waals surface area contributed by atoms with Crippen molar-refractivity contribution in [1.82, 2.24) is 4.90 Å². The largest absolute Gasteiger partial charge is 0.306 e. The van der Waals surface area contributed by atoms with Gasteiger partial charge in [-0.25, -0.2) is 0 Å². The number of allylic oxidation sites excluding steroid dienone is 1. The highest BCUT2D eigenvalue weighted by molar-refractivity contribution is 6.17. The summed E-state index contributed by atoms with van der Waals surface area (Å²) in [7, 11) is 2.19. The first-order valence-electron chi connectivity index (χ1n) is 5.75. The Morgan fingerprint density at radius 3 is 2.86 bits per heavy atom. The van der Waals surface area contributed by atoms with Gasteiger partial charge in [0.15, 0.2) is 0 Å². The minimum absolute atomic E-state index is 0.785. The molecule has 0 N–H and O–H groups in total. The van der Waals surface area contributed by atoms with Gasteiger partial charge in [-0.05, 0) is 52.1 Å². The molecule has 1 rings (SSSR count). The molecular formula is C12H22ClN. The number of rotatable bonds is 6. The maximum absolute atomic E-state index is 5.66. The summed E-state index contributed by atoms with van der Waals surface area (Å²) >= 11 is 5.66. The Balaban J connectivity index is 2.09. The maximum atomic E-state index is 5.66. The first-order chi connectivity index (χ1) is 6.83. The molecule has 82 valence electrons. The smallest absolute Gasteiger partial charge is 0.0235 e. The van der Waals surface area contributed by atoms with Gasteiger partial charge in [0.05, 0.1) is 0 Å². The number of nitrogens with zero attached hydrogens (tertiary/aromatic N) is 1. The molecule has 1 aliphatic carbocycles. The number of halogens is 1. The third-order valence-corrected chi connectivity index (χ3v) is 3.14. The van der Waals surface area contributed by atoms with Crippen LogP contribution in [-0.4, -0.2) is 30.9 Å². The second kappa shape index (κ2) is 7.30. The van der Waals surface area contributed by atoms with Gasteiger partial charge in [-0.2, -0.15) is 0 Å². The maximum Gasteiger partial charge on any atom is 0.0235 e. The van der Waals surface area contributed by atoms with Crippen LogP contribution in [0.3, 0.4) is 0 Å². The Labute approximate surface area is 93.1 Å². The van der Waals surface area contributed by atoms with Crippen molar-refractivity contribution < 1.29 is 0 Å². The quantitative estimate of drug-likeness (QED) is 0.485. The Morgan fingerprint density at radius 1 is 1.36 bits per heavy atom. The van der Waals surface area contributed by atoms with Gasteiger partial charge in [0.1, 0.15) is 0 Å². The van der Waals surface area contributed by atoms with E-state index in [-0.39, 0.29) is 0 Å². The summed E-state index contributed by atoms with van der Waals surface area (Å²) in [6, 6.07) is 0. The molecule has 0 heterocycles. The molecule has 0 amide bonds. The van der Waals surface area contributed by atoms with Crippen molar-refractivity contribution in [2.45, 2.75) is 38.5 Å². The van der Waals surface area contributed by atoms with Crippen molar-refractivity contribution >= 4 is 11.6 Å². The summed E-state index contributed by atoms with van der Waals surface area (Å²) < 4.78 is 0. The van der Waals surface area contributed by atoms with E-state index in [9.17, 15) is 0 Å². The minimum atomic E-state index is 0.785. The van der Waals surface area contributed by atoms with Crippen LogP contribution in [0.25, 0.3) is 0 Å². The van der Waals surface area contributed by atoms with Crippen LogP contribution < -0.4 is 0 Å². The Kier molecular flexibility index (Phi) is 6.29. The Morgan fingerprint density at radius 2 is 2.21 bits per heavy atom. The molecule has 0 fully saturated rings. The zero-order chi connectivity index (χ0) is 10.2. The van der Waals surface area contributed by atoms with Crippen molar-refractivity contribution in [3.63, 3.8) is 0 Å². The Hall–Kier alpha value is -0.0100. The molecule has 0 aromatic carbocycles. The fraction of sp³-hybridized carbons (Fsp3) is 0.833. The summed E-state index contributed by atoms with van der Waals surface area (Å²) in [5.41, 5.74) is 1.67. The van der Waals surface area contributed by atoms with Gasteiger partial charge in [-0.1, -0.05) is 11.6 Å². The van der Waals surface area contributed by atoms with Crippen molar-refractivity contribution in [3.8, 4) is 0 Å². The summed E-state index contributed by atoms with van der Waals surface area (Å²) in [6.07, 6.45) is 10.3. The molecule has 0 atom stereocenters. The second-order valence-electron chi connectivity index (χ2n) is 4.20. The van der Waals surface area contributed by atoms with Crippen molar-refractivity contribution in [1.29, 1.82) is 0 Å². The third kappa shape index (κ3) is 5.02. The second-order valence-corrected chi connectivity index (χ2v) is 4.58. The predicted octanol–water partition coefficient (Wildman–Crippen LogP) is 3.44. The monoisotopic (exact) mass is 215 g/mol. The molecule has 0 bridgehead atoms. The van der Waals surface area contributed by atoms with Gasteiger partial charge in [-0.15, -0.1) is 11.6 Å². The molecule has 0 aliphatic heterocycles. The molecule has 0 saturated heterocycles. The molecule has 0 aromatic rings. The molecule has 0 radical (unpaired) electrons. The van der Waals surface area contributed by atoms with Gasteiger partial charge in [0.25, 0.3) is 0 Å². The van der Waals surface area contributed by atoms with Gasteiger partial charge >= 0.3 is 0 Å². The number of hydrogen-bond donors (Lipinski definition) is 0. The van der Waals surface area contributed by atoms with E-state index in [2.05, 4.69) is 18.0 Å². The highest BCUT2D eigenvalue weighted by Crippen LogP contribution is 2.19. The van der Waals surface area contributed by atoms with E-state index in [0.29, 0.717) is 0 Å². The SMILES string of the molecule is CN(CCCCl)CCC1=CCCCC1. The lowest BCUT2D eigenvalue weighted by Gasteiger charge is -2.18. The topological polar surface area (TPSA) is 3.24 Å². The van der Waals surface area contributed by atoms with Crippen LogP contribution in [0.2, 0.25) is 0 Å². The van der Waals surface area contributed by atoms with Crippen LogP contribution in [0.1, 0.15) is 38.5 Å². The molecule has 0 aromatic heterocycles. The molecule has 2 heteroatoms. The predicted molar refractivity (Wildman–Crippen MR) is 64.0 cm³/mol. The molecule has 0 spiro atoms. The zero-order valence-corrected chi connectivity index (χ0v) is 10.0. The molecule has 0 saturated carbocycles. The van der Waals surface area contributed by atoms with Crippen molar-refractivity contribution in [2.75, 3.05) is 26.0 Å². The molecule has 14 heavy (non-hydrogen) atoms. The third-order valence-electron chi connectivity index (χ3n) is 2.87. The van der Waals surface area contributed by atoms with Crippen LogP contribution in [-0.2, 0) is 0 Å². The van der Waals surface area contributed by atoms with Gasteiger partial charge in [-0.3, -0.25) is 0 Å². The van der Waals surface area contributed by atoms with Crippen LogP contribution in [0, 0.1) is 0 Å². The van der Waals surface area contributed by atoms with E-state index in [1.54, 1.807) is 5.57 Å². The first kappa shape index (κ1) is 12.1. The van der Waals surface area contributed by atoms with E-state index in [1.807, 2.05) is 0 Å². The number of hydrogen-bond acceptors (Lipinski definition) is 1. The summed E-state index contributed by atoms with van der Waals surface area (Å²) in [6.45, 7) is 2.33. The van der Waals surface area contributed by atoms with Crippen molar-refractivity contribution in [2.24, 2.45) is 0 Å². The van der Waals surface area contributed by atoms with Crippen LogP contribution in [0.15, 0.2) is 11.6 Å². The zero-order valence-electron chi connectivity index (χ0n) is 9.27. The van der Waals surface area contributed by atoms with E-state index >= 15 is 0 Å². The summed E-state index contributed by atoms with van der Waals surface area (Å²) in [5, 5.41) is 0. The van der Waals surface area contributed by atoms with Crippen LogP contribution >= 0.6 is 11.6 Å². The molecule has 1 nitrogen and oxygen atoms in total. The lowest BCUT2D eigenvalue weighted by molar-refractivity contribution is 0.337. The molecule has 1 aliphatic rings. The molecule has 0 unspecified atom stereocenters. The Bertz CT molecular complexity index is 177. The highest BCUT2D eigenvalue weighted by Gasteiger charge is 2.04. The van der Waals surface area contributed by atoms with E-state index < -0.39 is 0 Å². The van der Waals surface area contributed by atoms with E-state index in [1.165, 1.54) is 38.6 Å². The van der Waals surface area contributed by atoms with Crippen LogP contribution in [0.4, 0.5) is 0 Å². The average Bonchev–Trinajstić information content (AvgIpc) is 2.25. The fourth-order valence-corrected chi connectivity index (χ4v) is 2.03. The lowest BCUT2D eigenvalue weighted by Crippen LogP contribution is -2.21. The standard InChI is InChI=1S/C12H22ClN/c1-14(10-5-9-13)11-8-12-6-3-2-4-7-12/h6H,2-5,7-11H2,1H3. The normalized spacial score (nSPS) is 17.2. The summed E-state index contributed by atoms with van der Waals surface area (Å²) in [5.74, 6) is 0.785. The van der Waals surface area contributed by atoms with Crippen LogP contribution in [0.5, 0.6) is 0 Å². The molecular weight excluding hydrogens is 194 g/mol. The van der Waals surface area contributed by atoms with E-state index in [0.717, 1.165) is 18.8 Å². The summed E-state index contributed by atoms with van der Waals surface area (Å²) in [4.78, 5) is 2.39. The fourth-order valence-electron chi connectivity index (χ4n) is 1.91. The average molecular weight is 216 g/mol. The lowest BCUT2D eigenvalue weighted by atomic mass is 9.97. The van der Waals surface area contributed by atoms with Gasteiger partial charge in [0.2, 0.25) is 0 Å². The van der Waals surface area contributed by atoms with Gasteiger partial charge < -0.3 is 4.90 Å². The first-order valence-corrected chi connectivity index (χ1v) is 6.29. The number of alkyl halides is 1. The van der Waals surface area contributed by atoms with Gasteiger partial charge in [0, 0.05) is 12.4 Å². The minimum Gasteiger partial charge on any atom is -0.306 e.